The number of hydrogen-bond acceptors (Lipinski definition) is 3. The van der Waals surface area contributed by atoms with Gasteiger partial charge in [-0.1, -0.05) is 0 Å². The van der Waals surface area contributed by atoms with Gasteiger partial charge in [-0.05, 0) is 26.0 Å². The lowest BCUT2D eigenvalue weighted by atomic mass is 10.1. The number of rotatable bonds is 3. The van der Waals surface area contributed by atoms with Gasteiger partial charge in [0.2, 0.25) is 6.19 Å². The van der Waals surface area contributed by atoms with Gasteiger partial charge in [0, 0.05) is 6.07 Å². The number of halogens is 2. The van der Waals surface area contributed by atoms with E-state index in [1.165, 1.54) is 20.0 Å². The van der Waals surface area contributed by atoms with Crippen LogP contribution in [0, 0.1) is 23.1 Å². The Morgan fingerprint density at radius 3 is 2.65 bits per heavy atom. The van der Waals surface area contributed by atoms with E-state index in [-0.39, 0.29) is 11.6 Å². The molecule has 1 rings (SSSR count). The lowest BCUT2D eigenvalue weighted by Gasteiger charge is -2.25. The van der Waals surface area contributed by atoms with Crippen LogP contribution >= 0.6 is 0 Å². The van der Waals surface area contributed by atoms with Crippen molar-refractivity contribution in [1.29, 1.82) is 5.26 Å². The first kappa shape index (κ1) is 12.9. The topological polar surface area (TPSA) is 71.4 Å². The molecule has 0 aromatic heterocycles. The first-order chi connectivity index (χ1) is 7.86. The predicted molar refractivity (Wildman–Crippen MR) is 58.3 cm³/mol. The van der Waals surface area contributed by atoms with Crippen molar-refractivity contribution in [3.05, 3.63) is 29.8 Å². The molecule has 0 atom stereocenters. The standard InChI is InChI=1S/C11H11F2N3O/c1-11(2,10(15)16-6-14)17-9-4-3-7(12)5-8(9)13/h3-5H,1-2H3,(H2,15,16). The van der Waals surface area contributed by atoms with Gasteiger partial charge in [0.15, 0.2) is 23.0 Å². The van der Waals surface area contributed by atoms with Crippen LogP contribution in [0.1, 0.15) is 13.8 Å². The van der Waals surface area contributed by atoms with E-state index in [0.717, 1.165) is 12.1 Å². The van der Waals surface area contributed by atoms with Crippen molar-refractivity contribution in [2.24, 2.45) is 10.7 Å². The SMILES string of the molecule is CC(C)(Oc1ccc(F)cc1F)C(N)=NC#N. The molecule has 0 spiro atoms. The number of hydrogen-bond donors (Lipinski definition) is 1. The zero-order chi connectivity index (χ0) is 13.1. The van der Waals surface area contributed by atoms with Crippen molar-refractivity contribution in [3.8, 4) is 11.9 Å². The van der Waals surface area contributed by atoms with Gasteiger partial charge in [0.25, 0.3) is 0 Å². The maximum absolute atomic E-state index is 13.3. The average molecular weight is 239 g/mol. The summed E-state index contributed by atoms with van der Waals surface area (Å²) in [5.41, 5.74) is 4.34. The van der Waals surface area contributed by atoms with Crippen LogP contribution in [0.2, 0.25) is 0 Å². The summed E-state index contributed by atoms with van der Waals surface area (Å²) in [5.74, 6) is -1.80. The molecule has 0 aliphatic carbocycles. The van der Waals surface area contributed by atoms with Gasteiger partial charge in [0.05, 0.1) is 0 Å². The number of amidine groups is 1. The fourth-order valence-electron chi connectivity index (χ4n) is 1.07. The first-order valence-corrected chi connectivity index (χ1v) is 4.73. The molecule has 1 aromatic carbocycles. The van der Waals surface area contributed by atoms with E-state index in [1.807, 2.05) is 0 Å². The van der Waals surface area contributed by atoms with Gasteiger partial charge < -0.3 is 10.5 Å². The van der Waals surface area contributed by atoms with Crippen LogP contribution in [0.15, 0.2) is 23.2 Å². The third-order valence-corrected chi connectivity index (χ3v) is 2.05. The van der Waals surface area contributed by atoms with Crippen LogP contribution in [-0.4, -0.2) is 11.4 Å². The Labute approximate surface area is 97.3 Å². The van der Waals surface area contributed by atoms with Crippen LogP contribution in [0.3, 0.4) is 0 Å². The van der Waals surface area contributed by atoms with E-state index in [1.54, 1.807) is 0 Å². The number of nitrogens with zero attached hydrogens (tertiary/aromatic N) is 2. The average Bonchev–Trinajstić information content (AvgIpc) is 2.22. The number of nitriles is 1. The molecule has 0 aliphatic heterocycles. The molecule has 6 heteroatoms. The molecule has 0 radical (unpaired) electrons. The van der Waals surface area contributed by atoms with Gasteiger partial charge in [-0.3, -0.25) is 0 Å². The van der Waals surface area contributed by atoms with E-state index in [4.69, 9.17) is 15.7 Å². The van der Waals surface area contributed by atoms with Gasteiger partial charge >= 0.3 is 0 Å². The lowest BCUT2D eigenvalue weighted by Crippen LogP contribution is -2.43. The largest absolute Gasteiger partial charge is 0.477 e. The molecule has 0 aliphatic rings. The molecule has 0 bridgehead atoms. The highest BCUT2D eigenvalue weighted by Crippen LogP contribution is 2.22. The summed E-state index contributed by atoms with van der Waals surface area (Å²) in [4.78, 5) is 3.32. The number of ether oxygens (including phenoxy) is 1. The summed E-state index contributed by atoms with van der Waals surface area (Å²) in [6.45, 7) is 3.04. The molecule has 2 N–H and O–H groups in total. The minimum atomic E-state index is -1.16. The Bertz CT molecular complexity index is 492. The van der Waals surface area contributed by atoms with Crippen LogP contribution < -0.4 is 10.5 Å². The minimum Gasteiger partial charge on any atom is -0.477 e. The molecular weight excluding hydrogens is 228 g/mol. The Kier molecular flexibility index (Phi) is 3.63. The molecule has 90 valence electrons. The molecule has 4 nitrogen and oxygen atoms in total. The maximum atomic E-state index is 13.3. The van der Waals surface area contributed by atoms with E-state index in [0.29, 0.717) is 6.07 Å². The fraction of sp³-hybridized carbons (Fsp3) is 0.273. The Hall–Kier alpha value is -2.16. The number of aliphatic imine (C=N–C) groups is 1. The summed E-state index contributed by atoms with van der Waals surface area (Å²) < 4.78 is 31.2. The second-order valence-electron chi connectivity index (χ2n) is 3.78. The van der Waals surface area contributed by atoms with Crippen LogP contribution in [0.25, 0.3) is 0 Å². The molecule has 17 heavy (non-hydrogen) atoms. The Morgan fingerprint density at radius 1 is 1.47 bits per heavy atom. The zero-order valence-electron chi connectivity index (χ0n) is 9.37. The Balaban J connectivity index is 2.98. The molecule has 0 heterocycles. The van der Waals surface area contributed by atoms with Crippen molar-refractivity contribution in [2.45, 2.75) is 19.4 Å². The van der Waals surface area contributed by atoms with Gasteiger partial charge in [0.1, 0.15) is 5.82 Å². The molecule has 0 saturated carbocycles. The minimum absolute atomic E-state index is 0.0938. The van der Waals surface area contributed by atoms with E-state index in [9.17, 15) is 8.78 Å². The van der Waals surface area contributed by atoms with Gasteiger partial charge in [-0.15, -0.1) is 0 Å². The number of nitrogens with two attached hydrogens (primary N) is 1. The van der Waals surface area contributed by atoms with Gasteiger partial charge in [-0.25, -0.2) is 8.78 Å². The smallest absolute Gasteiger partial charge is 0.207 e. The molecule has 0 amide bonds. The summed E-state index contributed by atoms with van der Waals surface area (Å²) >= 11 is 0. The van der Waals surface area contributed by atoms with Crippen LogP contribution in [0.5, 0.6) is 5.75 Å². The van der Waals surface area contributed by atoms with Crippen molar-refractivity contribution >= 4 is 5.84 Å². The van der Waals surface area contributed by atoms with Crippen molar-refractivity contribution in [2.75, 3.05) is 0 Å². The lowest BCUT2D eigenvalue weighted by molar-refractivity contribution is 0.172. The summed E-state index contributed by atoms with van der Waals surface area (Å²) in [5, 5.41) is 8.36. The van der Waals surface area contributed by atoms with Crippen molar-refractivity contribution in [1.82, 2.24) is 0 Å². The monoisotopic (exact) mass is 239 g/mol. The third kappa shape index (κ3) is 3.14. The zero-order valence-corrected chi connectivity index (χ0v) is 9.37. The van der Waals surface area contributed by atoms with E-state index >= 15 is 0 Å². The molecule has 0 unspecified atom stereocenters. The van der Waals surface area contributed by atoms with Crippen molar-refractivity contribution in [3.63, 3.8) is 0 Å². The summed E-state index contributed by atoms with van der Waals surface area (Å²) in [6.07, 6.45) is 1.51. The maximum Gasteiger partial charge on any atom is 0.207 e. The third-order valence-electron chi connectivity index (χ3n) is 2.05. The fourth-order valence-corrected chi connectivity index (χ4v) is 1.07. The number of benzene rings is 1. The summed E-state index contributed by atoms with van der Waals surface area (Å²) in [6, 6.07) is 2.90. The second kappa shape index (κ2) is 4.78. The first-order valence-electron chi connectivity index (χ1n) is 4.73. The van der Waals surface area contributed by atoms with E-state index < -0.39 is 17.2 Å². The van der Waals surface area contributed by atoms with Crippen LogP contribution in [-0.2, 0) is 0 Å². The quantitative estimate of drug-likeness (QED) is 0.498. The molecule has 0 saturated heterocycles. The predicted octanol–water partition coefficient (Wildman–Crippen LogP) is 1.96. The Morgan fingerprint density at radius 2 is 2.12 bits per heavy atom. The highest BCUT2D eigenvalue weighted by Gasteiger charge is 2.26. The van der Waals surface area contributed by atoms with Crippen molar-refractivity contribution < 1.29 is 13.5 Å². The normalized spacial score (nSPS) is 12.1. The summed E-state index contributed by atoms with van der Waals surface area (Å²) in [7, 11) is 0. The molecule has 0 fully saturated rings. The molecular formula is C11H11F2N3O. The highest BCUT2D eigenvalue weighted by atomic mass is 19.1. The van der Waals surface area contributed by atoms with Gasteiger partial charge in [-0.2, -0.15) is 10.3 Å². The molecule has 1 aromatic rings. The van der Waals surface area contributed by atoms with Crippen LogP contribution in [0.4, 0.5) is 8.78 Å². The second-order valence-corrected chi connectivity index (χ2v) is 3.78. The highest BCUT2D eigenvalue weighted by molar-refractivity contribution is 5.89. The van der Waals surface area contributed by atoms with E-state index in [2.05, 4.69) is 4.99 Å².